The maximum absolute atomic E-state index is 12.6. The quantitative estimate of drug-likeness (QED) is 0.457. The number of aryl methyl sites for hydroxylation is 1. The summed E-state index contributed by atoms with van der Waals surface area (Å²) in [5, 5.41) is 14.6. The van der Waals surface area contributed by atoms with Crippen molar-refractivity contribution < 1.29 is 23.4 Å². The number of Topliss-reactive ketones (excluding diaryl/α,β-unsaturated/α-hetero) is 1. The van der Waals surface area contributed by atoms with E-state index in [0.717, 1.165) is 16.5 Å². The second-order valence-electron chi connectivity index (χ2n) is 6.85. The Morgan fingerprint density at radius 3 is 2.65 bits per heavy atom. The van der Waals surface area contributed by atoms with Crippen molar-refractivity contribution in [3.63, 3.8) is 0 Å². The number of rotatable bonds is 7. The van der Waals surface area contributed by atoms with Crippen molar-refractivity contribution >= 4 is 16.7 Å². The van der Waals surface area contributed by atoms with Crippen LogP contribution < -0.4 is 4.74 Å². The normalized spacial score (nSPS) is 11.3. The minimum absolute atomic E-state index is 0.0151. The molecule has 0 atom stereocenters. The largest absolute Gasteiger partial charge is 0.435 e. The third-order valence-corrected chi connectivity index (χ3v) is 4.88. The van der Waals surface area contributed by atoms with Crippen LogP contribution in [0.5, 0.6) is 5.75 Å². The van der Waals surface area contributed by atoms with Crippen LogP contribution in [0, 0.1) is 0 Å². The summed E-state index contributed by atoms with van der Waals surface area (Å²) in [6.45, 7) is -3.06. The summed E-state index contributed by atoms with van der Waals surface area (Å²) in [5.74, 6) is 0.0868. The average molecular weight is 424 g/mol. The van der Waals surface area contributed by atoms with Gasteiger partial charge in [-0.15, -0.1) is 0 Å². The highest BCUT2D eigenvalue weighted by Gasteiger charge is 2.13. The number of benzene rings is 2. The lowest BCUT2D eigenvalue weighted by molar-refractivity contribution is -0.0498. The van der Waals surface area contributed by atoms with E-state index in [1.165, 1.54) is 24.3 Å². The van der Waals surface area contributed by atoms with Crippen LogP contribution in [0.1, 0.15) is 21.9 Å². The zero-order valence-electron chi connectivity index (χ0n) is 16.5. The van der Waals surface area contributed by atoms with E-state index in [-0.39, 0.29) is 24.6 Å². The monoisotopic (exact) mass is 424 g/mol. The van der Waals surface area contributed by atoms with Crippen LogP contribution in [0.3, 0.4) is 0 Å². The molecule has 0 unspecified atom stereocenters. The van der Waals surface area contributed by atoms with Gasteiger partial charge in [0.05, 0.1) is 30.4 Å². The summed E-state index contributed by atoms with van der Waals surface area (Å²) in [5.41, 5.74) is 3.33. The number of fused-ring (bicyclic) bond motifs is 1. The Labute approximate surface area is 175 Å². The van der Waals surface area contributed by atoms with E-state index in [9.17, 15) is 18.7 Å². The Hall–Kier alpha value is -3.72. The number of halogens is 2. The first-order valence-corrected chi connectivity index (χ1v) is 9.40. The molecule has 0 radical (unpaired) electrons. The number of aliphatic hydroxyl groups is 1. The highest BCUT2D eigenvalue weighted by Crippen LogP contribution is 2.26. The lowest BCUT2D eigenvalue weighted by Gasteiger charge is -2.07. The van der Waals surface area contributed by atoms with Crippen molar-refractivity contribution in [2.75, 3.05) is 0 Å². The number of ether oxygens (including phenoxy) is 1. The molecule has 0 amide bonds. The topological polar surface area (TPSA) is 90.1 Å². The molecule has 0 saturated carbocycles. The highest BCUT2D eigenvalue weighted by atomic mass is 19.3. The Bertz CT molecular complexity index is 1240. The molecule has 2 heterocycles. The zero-order chi connectivity index (χ0) is 22.0. The van der Waals surface area contributed by atoms with E-state index in [1.807, 2.05) is 18.2 Å². The van der Waals surface area contributed by atoms with Crippen LogP contribution in [0.4, 0.5) is 8.78 Å². The molecule has 0 fully saturated rings. The fourth-order valence-electron chi connectivity index (χ4n) is 3.27. The number of carbonyl (C=O) groups excluding carboxylic acids is 1. The van der Waals surface area contributed by atoms with Crippen molar-refractivity contribution in [2.45, 2.75) is 19.6 Å². The van der Waals surface area contributed by atoms with Gasteiger partial charge < -0.3 is 9.84 Å². The van der Waals surface area contributed by atoms with Crippen molar-refractivity contribution in [2.24, 2.45) is 7.05 Å². The molecule has 0 saturated heterocycles. The molecule has 0 aliphatic carbocycles. The van der Waals surface area contributed by atoms with E-state index < -0.39 is 6.61 Å². The summed E-state index contributed by atoms with van der Waals surface area (Å²) >= 11 is 0. The predicted molar refractivity (Wildman–Crippen MR) is 109 cm³/mol. The molecule has 0 aliphatic rings. The highest BCUT2D eigenvalue weighted by molar-refractivity contribution is 5.97. The number of nitrogens with zero attached hydrogens (tertiary/aromatic N) is 4. The molecule has 2 aromatic carbocycles. The minimum atomic E-state index is -2.92. The van der Waals surface area contributed by atoms with Gasteiger partial charge in [0.15, 0.2) is 5.78 Å². The molecule has 158 valence electrons. The molecule has 9 heteroatoms. The van der Waals surface area contributed by atoms with Gasteiger partial charge >= 0.3 is 6.61 Å². The van der Waals surface area contributed by atoms with E-state index in [4.69, 9.17) is 0 Å². The van der Waals surface area contributed by atoms with E-state index >= 15 is 0 Å². The molecular weight excluding hydrogens is 406 g/mol. The van der Waals surface area contributed by atoms with Crippen LogP contribution in [-0.4, -0.2) is 37.2 Å². The summed E-state index contributed by atoms with van der Waals surface area (Å²) in [4.78, 5) is 21.3. The van der Waals surface area contributed by atoms with E-state index in [1.54, 1.807) is 24.1 Å². The second kappa shape index (κ2) is 8.57. The summed E-state index contributed by atoms with van der Waals surface area (Å²) in [7, 11) is 1.76. The Balaban J connectivity index is 1.57. The summed E-state index contributed by atoms with van der Waals surface area (Å²) < 4.78 is 30.4. The number of carbonyl (C=O) groups is 1. The van der Waals surface area contributed by atoms with Crippen molar-refractivity contribution in [3.8, 4) is 16.9 Å². The molecule has 4 aromatic rings. The van der Waals surface area contributed by atoms with Gasteiger partial charge in [-0.2, -0.15) is 13.9 Å². The maximum Gasteiger partial charge on any atom is 0.387 e. The van der Waals surface area contributed by atoms with Crippen LogP contribution in [0.25, 0.3) is 22.0 Å². The first-order valence-electron chi connectivity index (χ1n) is 9.40. The second-order valence-corrected chi connectivity index (χ2v) is 6.85. The van der Waals surface area contributed by atoms with Gasteiger partial charge in [-0.1, -0.05) is 12.1 Å². The number of aromatic nitrogens is 4. The summed E-state index contributed by atoms with van der Waals surface area (Å²) in [6.07, 6.45) is 3.29. The van der Waals surface area contributed by atoms with Gasteiger partial charge in [0, 0.05) is 29.8 Å². The fraction of sp³-hybridized carbons (Fsp3) is 0.182. The zero-order valence-corrected chi connectivity index (χ0v) is 16.5. The molecule has 0 spiro atoms. The minimum Gasteiger partial charge on any atom is -0.435 e. The van der Waals surface area contributed by atoms with Gasteiger partial charge in [0.1, 0.15) is 11.6 Å². The SMILES string of the molecule is Cn1ncc(-c2ccc3cnc(CC(=O)c4ccc(OC(F)F)cc4)nc3c2)c1CO. The van der Waals surface area contributed by atoms with E-state index in [0.29, 0.717) is 22.6 Å². The fourth-order valence-corrected chi connectivity index (χ4v) is 3.27. The lowest BCUT2D eigenvalue weighted by Crippen LogP contribution is -2.07. The molecule has 1 N–H and O–H groups in total. The van der Waals surface area contributed by atoms with Crippen LogP contribution in [0.2, 0.25) is 0 Å². The van der Waals surface area contributed by atoms with Gasteiger partial charge in [0.25, 0.3) is 0 Å². The van der Waals surface area contributed by atoms with Crippen LogP contribution in [-0.2, 0) is 20.1 Å². The standard InChI is InChI=1S/C22H18F2N4O3/c1-28-19(12-29)17(11-26-28)14-2-3-15-10-25-21(27-18(15)8-14)9-20(30)13-4-6-16(7-5-13)31-22(23)24/h2-8,10-11,22,29H,9,12H2,1H3. The van der Waals surface area contributed by atoms with Crippen molar-refractivity contribution in [3.05, 3.63) is 71.9 Å². The van der Waals surface area contributed by atoms with Gasteiger partial charge in [-0.25, -0.2) is 9.97 Å². The molecule has 7 nitrogen and oxygen atoms in total. The molecule has 2 aromatic heterocycles. The molecule has 0 aliphatic heterocycles. The maximum atomic E-state index is 12.6. The Morgan fingerprint density at radius 1 is 1.16 bits per heavy atom. The number of ketones is 1. The van der Waals surface area contributed by atoms with Gasteiger partial charge in [0.2, 0.25) is 0 Å². The van der Waals surface area contributed by atoms with Gasteiger partial charge in [-0.05, 0) is 35.9 Å². The van der Waals surface area contributed by atoms with Crippen LogP contribution in [0.15, 0.2) is 54.9 Å². The molecular formula is C22H18F2N4O3. The number of hydrogen-bond acceptors (Lipinski definition) is 6. The molecule has 0 bridgehead atoms. The summed E-state index contributed by atoms with van der Waals surface area (Å²) in [6, 6.07) is 11.1. The number of alkyl halides is 2. The van der Waals surface area contributed by atoms with E-state index in [2.05, 4.69) is 19.8 Å². The van der Waals surface area contributed by atoms with Crippen molar-refractivity contribution in [1.82, 2.24) is 19.7 Å². The first kappa shape index (κ1) is 20.5. The predicted octanol–water partition coefficient (Wildman–Crippen LogP) is 3.55. The number of aliphatic hydroxyl groups excluding tert-OH is 1. The third kappa shape index (κ3) is 4.41. The Kier molecular flexibility index (Phi) is 5.68. The van der Waals surface area contributed by atoms with Crippen molar-refractivity contribution in [1.29, 1.82) is 0 Å². The molecule has 4 rings (SSSR count). The smallest absolute Gasteiger partial charge is 0.387 e. The van der Waals surface area contributed by atoms with Crippen LogP contribution >= 0.6 is 0 Å². The third-order valence-electron chi connectivity index (χ3n) is 4.88. The number of hydrogen-bond donors (Lipinski definition) is 1. The first-order chi connectivity index (χ1) is 14.9. The average Bonchev–Trinajstić information content (AvgIpc) is 3.13. The van der Waals surface area contributed by atoms with Gasteiger partial charge in [-0.3, -0.25) is 9.48 Å². The lowest BCUT2D eigenvalue weighted by atomic mass is 10.0. The molecule has 31 heavy (non-hydrogen) atoms. The Morgan fingerprint density at radius 2 is 1.94 bits per heavy atom.